The zero-order valence-electron chi connectivity index (χ0n) is 19.3. The summed E-state index contributed by atoms with van der Waals surface area (Å²) in [6.45, 7) is 3.99. The summed E-state index contributed by atoms with van der Waals surface area (Å²) >= 11 is 6.34. The van der Waals surface area contributed by atoms with Crippen molar-refractivity contribution in [2.24, 2.45) is 0 Å². The molecule has 1 unspecified atom stereocenters. The number of carboxylic acids is 1. The first-order valence-corrected chi connectivity index (χ1v) is 11.7. The summed E-state index contributed by atoms with van der Waals surface area (Å²) in [5.41, 5.74) is 5.78. The number of ether oxygens (including phenoxy) is 1. The fourth-order valence-corrected chi connectivity index (χ4v) is 4.72. The van der Waals surface area contributed by atoms with Crippen LogP contribution in [0.25, 0.3) is 0 Å². The normalized spacial score (nSPS) is 15.0. The number of aromatic nitrogens is 1. The zero-order chi connectivity index (χ0) is 24.2. The second-order valence-corrected chi connectivity index (χ2v) is 8.94. The Bertz CT molecular complexity index is 1230. The third-order valence-corrected chi connectivity index (χ3v) is 6.40. The first-order chi connectivity index (χ1) is 16.3. The van der Waals surface area contributed by atoms with E-state index in [1.54, 1.807) is 18.2 Å². The van der Waals surface area contributed by atoms with Crippen LogP contribution < -0.4 is 4.74 Å². The van der Waals surface area contributed by atoms with Gasteiger partial charge in [-0.3, -0.25) is 9.78 Å². The van der Waals surface area contributed by atoms with Crippen LogP contribution in [0.5, 0.6) is 5.75 Å². The monoisotopic (exact) mass is 478 g/mol. The summed E-state index contributed by atoms with van der Waals surface area (Å²) in [6.07, 6.45) is 1.69. The van der Waals surface area contributed by atoms with Gasteiger partial charge in [-0.2, -0.15) is 0 Å². The van der Waals surface area contributed by atoms with Crippen LogP contribution in [0.4, 0.5) is 0 Å². The molecule has 0 saturated heterocycles. The molecule has 1 amide bonds. The lowest BCUT2D eigenvalue weighted by atomic mass is 9.87. The van der Waals surface area contributed by atoms with Crippen molar-refractivity contribution in [3.05, 3.63) is 93.3 Å². The number of pyridine rings is 1. The molecule has 0 fully saturated rings. The molecule has 2 aromatic carbocycles. The Hall–Kier alpha value is -3.38. The van der Waals surface area contributed by atoms with E-state index in [0.29, 0.717) is 35.7 Å². The van der Waals surface area contributed by atoms with Gasteiger partial charge >= 0.3 is 5.97 Å². The van der Waals surface area contributed by atoms with Crippen molar-refractivity contribution in [2.45, 2.75) is 39.2 Å². The Morgan fingerprint density at radius 1 is 1.12 bits per heavy atom. The van der Waals surface area contributed by atoms with Crippen LogP contribution in [0.3, 0.4) is 0 Å². The highest BCUT2D eigenvalue weighted by Crippen LogP contribution is 2.40. The van der Waals surface area contributed by atoms with Gasteiger partial charge in [0.05, 0.1) is 6.04 Å². The van der Waals surface area contributed by atoms with Gasteiger partial charge in [-0.15, -0.1) is 0 Å². The molecule has 7 heteroatoms. The van der Waals surface area contributed by atoms with Crippen molar-refractivity contribution in [1.82, 2.24) is 9.88 Å². The number of halogens is 1. The summed E-state index contributed by atoms with van der Waals surface area (Å²) in [7, 11) is 0. The van der Waals surface area contributed by atoms with Gasteiger partial charge < -0.3 is 14.7 Å². The molecule has 1 aromatic heterocycles. The van der Waals surface area contributed by atoms with Crippen LogP contribution in [-0.4, -0.2) is 40.0 Å². The maximum Gasteiger partial charge on any atom is 0.341 e. The van der Waals surface area contributed by atoms with E-state index in [-0.39, 0.29) is 5.91 Å². The Labute approximate surface area is 204 Å². The summed E-state index contributed by atoms with van der Waals surface area (Å²) < 4.78 is 5.60. The molecule has 1 aliphatic heterocycles. The highest BCUT2D eigenvalue weighted by atomic mass is 35.5. The highest BCUT2D eigenvalue weighted by molar-refractivity contribution is 6.30. The maximum absolute atomic E-state index is 13.5. The quantitative estimate of drug-likeness (QED) is 0.521. The fraction of sp³-hybridized carbons (Fsp3) is 0.296. The lowest BCUT2D eigenvalue weighted by Crippen LogP contribution is -2.41. The van der Waals surface area contributed by atoms with E-state index >= 15 is 0 Å². The number of aliphatic carboxylic acids is 1. The molecule has 0 bridgehead atoms. The number of nitrogens with zero attached hydrogens (tertiary/aromatic N) is 2. The predicted octanol–water partition coefficient (Wildman–Crippen LogP) is 4.92. The molecule has 0 aliphatic carbocycles. The summed E-state index contributed by atoms with van der Waals surface area (Å²) in [6, 6.07) is 16.7. The molecule has 2 heterocycles. The van der Waals surface area contributed by atoms with Crippen LogP contribution in [0, 0.1) is 13.8 Å². The van der Waals surface area contributed by atoms with E-state index in [4.69, 9.17) is 21.4 Å². The molecule has 4 rings (SSSR count). The second-order valence-electron chi connectivity index (χ2n) is 8.50. The summed E-state index contributed by atoms with van der Waals surface area (Å²) in [5, 5.41) is 9.62. The van der Waals surface area contributed by atoms with E-state index in [1.165, 1.54) is 0 Å². The maximum atomic E-state index is 13.5. The molecule has 0 saturated carbocycles. The minimum Gasteiger partial charge on any atom is -0.482 e. The van der Waals surface area contributed by atoms with Gasteiger partial charge in [-0.05, 0) is 67.6 Å². The first-order valence-electron chi connectivity index (χ1n) is 11.3. The van der Waals surface area contributed by atoms with Crippen LogP contribution >= 0.6 is 11.6 Å². The molecule has 1 aliphatic rings. The Morgan fingerprint density at radius 2 is 1.91 bits per heavy atom. The molecular weight excluding hydrogens is 452 g/mol. The number of rotatable bonds is 7. The van der Waals surface area contributed by atoms with Gasteiger partial charge in [0.15, 0.2) is 6.61 Å². The number of carbonyl (C=O) groups is 2. The Kier molecular flexibility index (Phi) is 7.17. The summed E-state index contributed by atoms with van der Waals surface area (Å²) in [5.74, 6) is -0.645. The molecule has 1 N–H and O–H groups in total. The number of carbonyl (C=O) groups excluding carboxylic acids is 1. The number of amides is 1. The van der Waals surface area contributed by atoms with Gasteiger partial charge in [0.25, 0.3) is 0 Å². The van der Waals surface area contributed by atoms with E-state index in [2.05, 4.69) is 11.1 Å². The number of hydrogen-bond donors (Lipinski definition) is 1. The number of carboxylic acid groups (broad SMARTS) is 1. The third kappa shape index (κ3) is 5.23. The molecule has 176 valence electrons. The van der Waals surface area contributed by atoms with Crippen LogP contribution in [-0.2, 0) is 22.4 Å². The lowest BCUT2D eigenvalue weighted by molar-refractivity contribution is -0.139. The standard InChI is InChI=1S/C27H27ClN2O4/c1-17-7-8-19(18(2)29-17)9-12-25(31)30-14-13-20-5-3-4-6-22(20)27(30)23-15-21(28)10-11-24(23)34-16-26(32)33/h3-8,10-11,15,27H,9,12-14,16H2,1-2H3,(H,32,33). The molecule has 0 radical (unpaired) electrons. The van der Waals surface area contributed by atoms with Gasteiger partial charge in [0.2, 0.25) is 5.91 Å². The van der Waals surface area contributed by atoms with Gasteiger partial charge in [-0.1, -0.05) is 41.9 Å². The highest BCUT2D eigenvalue weighted by Gasteiger charge is 2.33. The largest absolute Gasteiger partial charge is 0.482 e. The van der Waals surface area contributed by atoms with Gasteiger partial charge in [0.1, 0.15) is 5.75 Å². The number of benzene rings is 2. The van der Waals surface area contributed by atoms with E-state index in [9.17, 15) is 9.59 Å². The predicted molar refractivity (Wildman–Crippen MR) is 130 cm³/mol. The van der Waals surface area contributed by atoms with Gasteiger partial charge in [-0.25, -0.2) is 4.79 Å². The second kappa shape index (κ2) is 10.3. The molecule has 1 atom stereocenters. The van der Waals surface area contributed by atoms with Crippen molar-refractivity contribution < 1.29 is 19.4 Å². The minimum absolute atomic E-state index is 0.0173. The molecular formula is C27H27ClN2O4. The molecule has 6 nitrogen and oxygen atoms in total. The van der Waals surface area contributed by atoms with Crippen LogP contribution in [0.2, 0.25) is 5.02 Å². The average molecular weight is 479 g/mol. The van der Waals surface area contributed by atoms with Crippen molar-refractivity contribution >= 4 is 23.5 Å². The van der Waals surface area contributed by atoms with Crippen molar-refractivity contribution in [2.75, 3.05) is 13.2 Å². The lowest BCUT2D eigenvalue weighted by Gasteiger charge is -2.38. The zero-order valence-corrected chi connectivity index (χ0v) is 20.0. The van der Waals surface area contributed by atoms with Gasteiger partial charge in [0, 0.05) is 34.9 Å². The molecule has 3 aromatic rings. The molecule has 0 spiro atoms. The van der Waals surface area contributed by atoms with Crippen molar-refractivity contribution in [3.8, 4) is 5.75 Å². The van der Waals surface area contributed by atoms with E-state index < -0.39 is 18.6 Å². The van der Waals surface area contributed by atoms with Crippen LogP contribution in [0.15, 0.2) is 54.6 Å². The van der Waals surface area contributed by atoms with Crippen LogP contribution in [0.1, 0.15) is 46.1 Å². The molecule has 34 heavy (non-hydrogen) atoms. The number of fused-ring (bicyclic) bond motifs is 1. The smallest absolute Gasteiger partial charge is 0.341 e. The average Bonchev–Trinajstić information content (AvgIpc) is 2.81. The fourth-order valence-electron chi connectivity index (χ4n) is 4.54. The summed E-state index contributed by atoms with van der Waals surface area (Å²) in [4.78, 5) is 31.1. The number of aryl methyl sites for hydroxylation is 3. The Balaban J connectivity index is 1.68. The van der Waals surface area contributed by atoms with E-state index in [1.807, 2.05) is 49.1 Å². The minimum atomic E-state index is -1.07. The SMILES string of the molecule is Cc1ccc(CCC(=O)N2CCc3ccccc3C2c2cc(Cl)ccc2OCC(=O)O)c(C)n1. The Morgan fingerprint density at radius 3 is 2.68 bits per heavy atom. The third-order valence-electron chi connectivity index (χ3n) is 6.16. The topological polar surface area (TPSA) is 79.7 Å². The van der Waals surface area contributed by atoms with Crippen molar-refractivity contribution in [1.29, 1.82) is 0 Å². The first kappa shape index (κ1) is 23.8. The van der Waals surface area contributed by atoms with Crippen molar-refractivity contribution in [3.63, 3.8) is 0 Å². The number of hydrogen-bond acceptors (Lipinski definition) is 4. The van der Waals surface area contributed by atoms with E-state index in [0.717, 1.165) is 34.5 Å².